The Morgan fingerprint density at radius 2 is 2.24 bits per heavy atom. The fraction of sp³-hybridized carbons (Fsp3) is 0.545. The Balaban J connectivity index is 1.99. The summed E-state index contributed by atoms with van der Waals surface area (Å²) in [4.78, 5) is 16.0. The summed E-state index contributed by atoms with van der Waals surface area (Å²) in [5, 5.41) is 15.0. The van der Waals surface area contributed by atoms with E-state index in [1.54, 1.807) is 18.8 Å². The number of methoxy groups -OCH3 is 1. The highest BCUT2D eigenvalue weighted by molar-refractivity contribution is 8.01. The van der Waals surface area contributed by atoms with E-state index in [0.717, 1.165) is 10.1 Å². The molecule has 0 aliphatic carbocycles. The molecule has 10 heteroatoms. The molecule has 2 rings (SSSR count). The van der Waals surface area contributed by atoms with Crippen molar-refractivity contribution in [3.8, 4) is 6.01 Å². The van der Waals surface area contributed by atoms with Crippen LogP contribution in [0.25, 0.3) is 0 Å². The second-order valence-corrected chi connectivity index (χ2v) is 6.82. The highest BCUT2D eigenvalue weighted by atomic mass is 32.2. The Morgan fingerprint density at radius 3 is 2.86 bits per heavy atom. The summed E-state index contributed by atoms with van der Waals surface area (Å²) in [5.41, 5.74) is 0. The summed E-state index contributed by atoms with van der Waals surface area (Å²) in [7, 11) is 3.11. The van der Waals surface area contributed by atoms with Crippen LogP contribution < -0.4 is 10.1 Å². The number of anilines is 1. The quantitative estimate of drug-likeness (QED) is 0.636. The molecular weight excluding hydrogens is 312 g/mol. The van der Waals surface area contributed by atoms with Crippen LogP contribution in [-0.2, 0) is 7.05 Å². The molecule has 0 radical (unpaired) electrons. The summed E-state index contributed by atoms with van der Waals surface area (Å²) in [6.07, 6.45) is 0. The van der Waals surface area contributed by atoms with E-state index in [1.807, 2.05) is 0 Å². The Bertz CT molecular complexity index is 624. The first-order valence-electron chi connectivity index (χ1n) is 6.22. The van der Waals surface area contributed by atoms with Gasteiger partial charge in [-0.1, -0.05) is 36.9 Å². The predicted molar refractivity (Wildman–Crippen MR) is 81.0 cm³/mol. The van der Waals surface area contributed by atoms with Gasteiger partial charge in [0.2, 0.25) is 11.0 Å². The van der Waals surface area contributed by atoms with E-state index < -0.39 is 5.91 Å². The molecule has 0 fully saturated rings. The third-order valence-electron chi connectivity index (χ3n) is 2.28. The minimum atomic E-state index is -0.439. The van der Waals surface area contributed by atoms with Gasteiger partial charge in [-0.25, -0.2) is 4.68 Å². The number of amides is 1. The van der Waals surface area contributed by atoms with Crippen molar-refractivity contribution in [2.24, 2.45) is 13.0 Å². The van der Waals surface area contributed by atoms with Crippen LogP contribution in [0, 0.1) is 5.92 Å². The summed E-state index contributed by atoms with van der Waals surface area (Å²) < 4.78 is 7.18. The maximum absolute atomic E-state index is 12.0. The molecule has 0 atom stereocenters. The third-order valence-corrected chi connectivity index (χ3v) is 4.67. The van der Waals surface area contributed by atoms with Crippen molar-refractivity contribution < 1.29 is 9.53 Å². The van der Waals surface area contributed by atoms with Crippen LogP contribution in [0.1, 0.15) is 24.5 Å². The van der Waals surface area contributed by atoms with E-state index in [9.17, 15) is 4.79 Å². The van der Waals surface area contributed by atoms with Crippen LogP contribution in [-0.4, -0.2) is 43.7 Å². The molecule has 0 saturated heterocycles. The molecule has 2 aromatic heterocycles. The monoisotopic (exact) mass is 328 g/mol. The molecule has 1 amide bonds. The van der Waals surface area contributed by atoms with Crippen molar-refractivity contribution in [3.63, 3.8) is 0 Å². The number of aromatic nitrogens is 5. The lowest BCUT2D eigenvalue weighted by Gasteiger charge is -1.99. The van der Waals surface area contributed by atoms with Crippen molar-refractivity contribution in [2.75, 3.05) is 18.2 Å². The molecule has 21 heavy (non-hydrogen) atoms. The van der Waals surface area contributed by atoms with Gasteiger partial charge in [-0.15, -0.1) is 15.3 Å². The molecule has 2 aromatic rings. The van der Waals surface area contributed by atoms with E-state index in [0.29, 0.717) is 11.0 Å². The highest BCUT2D eigenvalue weighted by Gasteiger charge is 2.17. The van der Waals surface area contributed by atoms with Crippen molar-refractivity contribution in [2.45, 2.75) is 18.2 Å². The molecule has 0 aliphatic heterocycles. The lowest BCUT2D eigenvalue weighted by Crippen LogP contribution is -2.14. The Hall–Kier alpha value is -1.68. The lowest BCUT2D eigenvalue weighted by atomic mass is 10.3. The maximum Gasteiger partial charge on any atom is 0.314 e. The molecule has 0 saturated carbocycles. The summed E-state index contributed by atoms with van der Waals surface area (Å²) in [5.74, 6) is 1.12. The topological polar surface area (TPSA) is 94.8 Å². The molecule has 2 heterocycles. The molecule has 0 spiro atoms. The van der Waals surface area contributed by atoms with Gasteiger partial charge in [0.25, 0.3) is 5.91 Å². The van der Waals surface area contributed by atoms with Gasteiger partial charge in [-0.3, -0.25) is 10.1 Å². The van der Waals surface area contributed by atoms with Gasteiger partial charge in [-0.2, -0.15) is 4.98 Å². The number of thioether (sulfide) groups is 1. The molecule has 0 unspecified atom stereocenters. The Labute approximate surface area is 130 Å². The lowest BCUT2D eigenvalue weighted by molar-refractivity contribution is 0.101. The van der Waals surface area contributed by atoms with Crippen LogP contribution in [0.15, 0.2) is 4.34 Å². The van der Waals surface area contributed by atoms with Crippen molar-refractivity contribution in [1.29, 1.82) is 0 Å². The number of rotatable bonds is 6. The summed E-state index contributed by atoms with van der Waals surface area (Å²) >= 11 is 2.95. The van der Waals surface area contributed by atoms with E-state index >= 15 is 0 Å². The second kappa shape index (κ2) is 6.85. The SMILES string of the molecule is COc1nc(C(=O)Nc2nnc(SCC(C)C)s2)nn1C. The molecular formula is C11H16N6O2S2. The Kier molecular flexibility index (Phi) is 5.12. The number of ether oxygens (including phenoxy) is 1. The predicted octanol–water partition coefficient (Wildman–Crippen LogP) is 1.68. The number of hydrogen-bond donors (Lipinski definition) is 1. The molecule has 0 bridgehead atoms. The number of hydrogen-bond acceptors (Lipinski definition) is 8. The first-order chi connectivity index (χ1) is 9.99. The van der Waals surface area contributed by atoms with Crippen LogP contribution in [0.2, 0.25) is 0 Å². The standard InChI is InChI=1S/C11H16N6O2S2/c1-6(2)5-20-11-15-14-9(21-11)13-8(18)7-12-10(19-4)17(3)16-7/h6H,5H2,1-4H3,(H,13,14,18). The number of aryl methyl sites for hydroxylation is 1. The van der Waals surface area contributed by atoms with E-state index in [-0.39, 0.29) is 11.8 Å². The maximum atomic E-state index is 12.0. The van der Waals surface area contributed by atoms with Gasteiger partial charge < -0.3 is 4.74 Å². The number of nitrogens with zero attached hydrogens (tertiary/aromatic N) is 5. The first-order valence-corrected chi connectivity index (χ1v) is 8.02. The zero-order valence-electron chi connectivity index (χ0n) is 12.2. The molecule has 0 aromatic carbocycles. The zero-order chi connectivity index (χ0) is 15.4. The summed E-state index contributed by atoms with van der Waals surface area (Å²) in [6.45, 7) is 4.27. The van der Waals surface area contributed by atoms with Gasteiger partial charge in [0.05, 0.1) is 7.11 Å². The fourth-order valence-electron chi connectivity index (χ4n) is 1.35. The number of carbonyl (C=O) groups is 1. The third kappa shape index (κ3) is 4.14. The normalized spacial score (nSPS) is 10.9. The van der Waals surface area contributed by atoms with Gasteiger partial charge in [-0.05, 0) is 5.92 Å². The number of nitrogens with one attached hydrogen (secondary N) is 1. The highest BCUT2D eigenvalue weighted by Crippen LogP contribution is 2.27. The zero-order valence-corrected chi connectivity index (χ0v) is 13.8. The molecule has 0 aliphatic rings. The van der Waals surface area contributed by atoms with Crippen LogP contribution in [0.3, 0.4) is 0 Å². The van der Waals surface area contributed by atoms with E-state index in [1.165, 1.54) is 23.1 Å². The van der Waals surface area contributed by atoms with Crippen molar-refractivity contribution >= 4 is 34.1 Å². The minimum Gasteiger partial charge on any atom is -0.467 e. The molecule has 114 valence electrons. The van der Waals surface area contributed by atoms with Crippen LogP contribution in [0.5, 0.6) is 6.01 Å². The fourth-order valence-corrected chi connectivity index (χ4v) is 3.08. The Morgan fingerprint density at radius 1 is 1.48 bits per heavy atom. The van der Waals surface area contributed by atoms with Crippen molar-refractivity contribution in [3.05, 3.63) is 5.82 Å². The average molecular weight is 328 g/mol. The second-order valence-electron chi connectivity index (χ2n) is 4.58. The summed E-state index contributed by atoms with van der Waals surface area (Å²) in [6, 6.07) is 0.269. The van der Waals surface area contributed by atoms with Gasteiger partial charge in [0.1, 0.15) is 0 Å². The molecule has 8 nitrogen and oxygen atoms in total. The smallest absolute Gasteiger partial charge is 0.314 e. The van der Waals surface area contributed by atoms with E-state index in [2.05, 4.69) is 39.4 Å². The van der Waals surface area contributed by atoms with E-state index in [4.69, 9.17) is 4.74 Å². The van der Waals surface area contributed by atoms with Crippen LogP contribution >= 0.6 is 23.1 Å². The largest absolute Gasteiger partial charge is 0.467 e. The van der Waals surface area contributed by atoms with Gasteiger partial charge in [0.15, 0.2) is 4.34 Å². The number of carbonyl (C=O) groups excluding carboxylic acids is 1. The molecule has 1 N–H and O–H groups in total. The first kappa shape index (κ1) is 15.7. The van der Waals surface area contributed by atoms with Gasteiger partial charge in [0, 0.05) is 12.8 Å². The van der Waals surface area contributed by atoms with Gasteiger partial charge >= 0.3 is 6.01 Å². The van der Waals surface area contributed by atoms with Crippen molar-refractivity contribution in [1.82, 2.24) is 25.0 Å². The van der Waals surface area contributed by atoms with Crippen LogP contribution in [0.4, 0.5) is 5.13 Å². The minimum absolute atomic E-state index is 0.0286. The average Bonchev–Trinajstić information content (AvgIpc) is 3.02.